The summed E-state index contributed by atoms with van der Waals surface area (Å²) in [6.07, 6.45) is 0. The molecule has 0 aliphatic heterocycles. The van der Waals surface area contributed by atoms with Crippen molar-refractivity contribution in [3.8, 4) is 0 Å². The zero-order chi connectivity index (χ0) is 15.4. The van der Waals surface area contributed by atoms with E-state index in [1.165, 1.54) is 0 Å². The lowest BCUT2D eigenvalue weighted by molar-refractivity contribution is 0.713. The molecule has 0 aromatic heterocycles. The van der Waals surface area contributed by atoms with Gasteiger partial charge in [0.15, 0.2) is 0 Å². The fraction of sp³-hybridized carbons (Fsp3) is 0.235. The molecule has 0 bridgehead atoms. The van der Waals surface area contributed by atoms with Crippen LogP contribution in [-0.4, -0.2) is 11.8 Å². The first kappa shape index (κ1) is 15.4. The molecule has 0 aliphatic carbocycles. The highest BCUT2D eigenvalue weighted by molar-refractivity contribution is 6.31. The molecule has 0 unspecified atom stereocenters. The maximum Gasteiger partial charge on any atom is 0.0672 e. The average Bonchev–Trinajstić information content (AvgIpc) is 2.47. The Kier molecular flexibility index (Phi) is 4.86. The van der Waals surface area contributed by atoms with Gasteiger partial charge in [-0.3, -0.25) is 5.01 Å². The normalized spacial score (nSPS) is 11.8. The van der Waals surface area contributed by atoms with Crippen molar-refractivity contribution in [1.82, 2.24) is 0 Å². The number of anilines is 2. The van der Waals surface area contributed by atoms with Crippen molar-refractivity contribution in [2.75, 3.05) is 10.7 Å². The van der Waals surface area contributed by atoms with Crippen LogP contribution >= 0.6 is 11.6 Å². The van der Waals surface area contributed by atoms with Crippen molar-refractivity contribution in [1.29, 1.82) is 0 Å². The Bertz CT molecular complexity index is 636. The number of rotatable bonds is 4. The molecule has 4 heteroatoms. The summed E-state index contributed by atoms with van der Waals surface area (Å²) in [6.45, 7) is 6.15. The van der Waals surface area contributed by atoms with E-state index >= 15 is 0 Å². The Morgan fingerprint density at radius 1 is 1.14 bits per heavy atom. The predicted octanol–water partition coefficient (Wildman–Crippen LogP) is 4.56. The van der Waals surface area contributed by atoms with E-state index < -0.39 is 0 Å². The molecule has 2 aromatic rings. The monoisotopic (exact) mass is 301 g/mol. The molecule has 21 heavy (non-hydrogen) atoms. The van der Waals surface area contributed by atoms with Gasteiger partial charge in [-0.25, -0.2) is 0 Å². The first-order valence-corrected chi connectivity index (χ1v) is 7.31. The second-order valence-electron chi connectivity index (χ2n) is 5.19. The highest BCUT2D eigenvalue weighted by Gasteiger charge is 2.11. The number of nitrogen functional groups attached to an aromatic ring is 1. The Balaban J connectivity index is 2.41. The number of nitrogens with zero attached hydrogens (tertiary/aromatic N) is 2. The Morgan fingerprint density at radius 3 is 2.43 bits per heavy atom. The van der Waals surface area contributed by atoms with Gasteiger partial charge in [0.05, 0.1) is 11.4 Å². The van der Waals surface area contributed by atoms with Gasteiger partial charge in [0.25, 0.3) is 0 Å². The maximum atomic E-state index is 6.05. The van der Waals surface area contributed by atoms with E-state index in [1.807, 2.05) is 48.3 Å². The van der Waals surface area contributed by atoms with Gasteiger partial charge in [0.2, 0.25) is 0 Å². The van der Waals surface area contributed by atoms with E-state index in [2.05, 4.69) is 13.8 Å². The van der Waals surface area contributed by atoms with E-state index in [1.54, 1.807) is 12.1 Å². The maximum absolute atomic E-state index is 6.05. The average molecular weight is 302 g/mol. The quantitative estimate of drug-likeness (QED) is 0.511. The molecular weight excluding hydrogens is 282 g/mol. The zero-order valence-electron chi connectivity index (χ0n) is 12.5. The standard InChI is InChI=1S/C17H20ClN3/c1-12(2)21(15-7-5-4-6-8-15)20-13(3)16-11-14(18)9-10-17(16)19/h4-12H,19H2,1-3H3/b20-13+. The molecule has 0 radical (unpaired) electrons. The Labute approximate surface area is 131 Å². The van der Waals surface area contributed by atoms with Crippen molar-refractivity contribution in [2.45, 2.75) is 26.8 Å². The van der Waals surface area contributed by atoms with E-state index in [9.17, 15) is 0 Å². The van der Waals surface area contributed by atoms with Crippen LogP contribution in [-0.2, 0) is 0 Å². The van der Waals surface area contributed by atoms with Gasteiger partial charge >= 0.3 is 0 Å². The molecule has 0 heterocycles. The molecule has 110 valence electrons. The van der Waals surface area contributed by atoms with Crippen LogP contribution in [0.15, 0.2) is 53.6 Å². The summed E-state index contributed by atoms with van der Waals surface area (Å²) >= 11 is 6.05. The summed E-state index contributed by atoms with van der Waals surface area (Å²) in [5, 5.41) is 7.37. The molecule has 0 spiro atoms. The van der Waals surface area contributed by atoms with Crippen molar-refractivity contribution in [3.05, 3.63) is 59.1 Å². The third-order valence-corrected chi connectivity index (χ3v) is 3.41. The van der Waals surface area contributed by atoms with Crippen molar-refractivity contribution < 1.29 is 0 Å². The van der Waals surface area contributed by atoms with Gasteiger partial charge in [-0.15, -0.1) is 0 Å². The van der Waals surface area contributed by atoms with Crippen LogP contribution < -0.4 is 10.7 Å². The van der Waals surface area contributed by atoms with Gasteiger partial charge in [-0.05, 0) is 51.1 Å². The number of hydrogen-bond donors (Lipinski definition) is 1. The minimum atomic E-state index is 0.239. The first-order valence-electron chi connectivity index (χ1n) is 6.94. The highest BCUT2D eigenvalue weighted by Crippen LogP contribution is 2.21. The molecular formula is C17H20ClN3. The molecule has 2 rings (SSSR count). The van der Waals surface area contributed by atoms with Gasteiger partial charge in [-0.2, -0.15) is 5.10 Å². The van der Waals surface area contributed by atoms with Crippen LogP contribution in [0.4, 0.5) is 11.4 Å². The third kappa shape index (κ3) is 3.76. The van der Waals surface area contributed by atoms with Gasteiger partial charge in [0.1, 0.15) is 0 Å². The van der Waals surface area contributed by atoms with Crippen molar-refractivity contribution in [3.63, 3.8) is 0 Å². The lowest BCUT2D eigenvalue weighted by atomic mass is 10.1. The highest BCUT2D eigenvalue weighted by atomic mass is 35.5. The summed E-state index contributed by atoms with van der Waals surface area (Å²) < 4.78 is 0. The number of hydrogen-bond acceptors (Lipinski definition) is 3. The Morgan fingerprint density at radius 2 is 1.81 bits per heavy atom. The molecule has 0 atom stereocenters. The minimum absolute atomic E-state index is 0.239. The molecule has 0 saturated carbocycles. The smallest absolute Gasteiger partial charge is 0.0672 e. The van der Waals surface area contributed by atoms with Gasteiger partial charge < -0.3 is 5.73 Å². The van der Waals surface area contributed by atoms with Crippen molar-refractivity contribution >= 4 is 28.7 Å². The number of nitrogens with two attached hydrogens (primary N) is 1. The topological polar surface area (TPSA) is 41.6 Å². The number of hydrazone groups is 1. The largest absolute Gasteiger partial charge is 0.398 e. The van der Waals surface area contributed by atoms with Crippen LogP contribution in [0.25, 0.3) is 0 Å². The fourth-order valence-corrected chi connectivity index (χ4v) is 2.28. The minimum Gasteiger partial charge on any atom is -0.398 e. The van der Waals surface area contributed by atoms with Gasteiger partial charge in [-0.1, -0.05) is 29.8 Å². The predicted molar refractivity (Wildman–Crippen MR) is 92.1 cm³/mol. The lowest BCUT2D eigenvalue weighted by Gasteiger charge is -2.24. The molecule has 3 nitrogen and oxygen atoms in total. The number of para-hydroxylation sites is 1. The zero-order valence-corrected chi connectivity index (χ0v) is 13.3. The van der Waals surface area contributed by atoms with Crippen LogP contribution in [0.5, 0.6) is 0 Å². The van der Waals surface area contributed by atoms with Gasteiger partial charge in [0, 0.05) is 22.3 Å². The summed E-state index contributed by atoms with van der Waals surface area (Å²) in [5.41, 5.74) is 9.45. The second-order valence-corrected chi connectivity index (χ2v) is 5.63. The molecule has 0 amide bonds. The summed E-state index contributed by atoms with van der Waals surface area (Å²) in [6, 6.07) is 15.8. The SMILES string of the molecule is C/C(=N\N(c1ccccc1)C(C)C)c1cc(Cl)ccc1N. The summed E-state index contributed by atoms with van der Waals surface area (Å²) in [7, 11) is 0. The molecule has 0 aliphatic rings. The van der Waals surface area contributed by atoms with E-state index in [0.717, 1.165) is 17.0 Å². The Hall–Kier alpha value is -2.00. The second kappa shape index (κ2) is 6.64. The van der Waals surface area contributed by atoms with E-state index in [-0.39, 0.29) is 6.04 Å². The van der Waals surface area contributed by atoms with Crippen LogP contribution in [0.3, 0.4) is 0 Å². The summed E-state index contributed by atoms with van der Waals surface area (Å²) in [4.78, 5) is 0. The van der Waals surface area contributed by atoms with E-state index in [4.69, 9.17) is 22.4 Å². The van der Waals surface area contributed by atoms with Crippen LogP contribution in [0.2, 0.25) is 5.02 Å². The molecule has 2 N–H and O–H groups in total. The molecule has 0 fully saturated rings. The lowest BCUT2D eigenvalue weighted by Crippen LogP contribution is -2.26. The summed E-state index contributed by atoms with van der Waals surface area (Å²) in [5.74, 6) is 0. The molecule has 0 saturated heterocycles. The number of benzene rings is 2. The van der Waals surface area contributed by atoms with Crippen LogP contribution in [0.1, 0.15) is 26.3 Å². The third-order valence-electron chi connectivity index (χ3n) is 3.17. The molecule has 2 aromatic carbocycles. The van der Waals surface area contributed by atoms with Crippen LogP contribution in [0, 0.1) is 0 Å². The van der Waals surface area contributed by atoms with Crippen molar-refractivity contribution in [2.24, 2.45) is 5.10 Å². The first-order chi connectivity index (χ1) is 9.99. The van der Waals surface area contributed by atoms with E-state index in [0.29, 0.717) is 10.7 Å². The fourth-order valence-electron chi connectivity index (χ4n) is 2.11. The number of halogens is 1.